The van der Waals surface area contributed by atoms with Crippen LogP contribution in [0.5, 0.6) is 0 Å². The third-order valence-corrected chi connectivity index (χ3v) is 10.3. The molecule has 4 aromatic rings. The van der Waals surface area contributed by atoms with Crippen molar-refractivity contribution < 1.29 is 0 Å². The number of nitrogens with zero attached hydrogens (tertiary/aromatic N) is 1. The van der Waals surface area contributed by atoms with Gasteiger partial charge in [-0.25, -0.2) is 0 Å². The van der Waals surface area contributed by atoms with Crippen molar-refractivity contribution in [1.82, 2.24) is 4.98 Å². The molecule has 0 amide bonds. The second-order valence-electron chi connectivity index (χ2n) is 9.65. The average Bonchev–Trinajstić information content (AvgIpc) is 2.72. The van der Waals surface area contributed by atoms with Crippen LogP contribution in [0, 0.1) is 6.92 Å². The normalized spacial score (nSPS) is 12.0. The summed E-state index contributed by atoms with van der Waals surface area (Å²) in [6.45, 7) is 6.76. The third-order valence-electron chi connectivity index (χ3n) is 5.97. The molecule has 3 aromatic carbocycles. The Morgan fingerprint density at radius 2 is 1.57 bits per heavy atom. The fourth-order valence-electron chi connectivity index (χ4n) is 4.18. The molecule has 0 aliphatic heterocycles. The Morgan fingerprint density at radius 3 is 2.27 bits per heavy atom. The SMILES string of the molecule is Cc1c[c]([Ge]([CH3])([CH3])[CH3])ccc1-c1ccnc(-c2cc(C(C)C)c3ccccc3c2)c1. The van der Waals surface area contributed by atoms with E-state index >= 15 is 0 Å². The Hall–Kier alpha value is -2.39. The number of rotatable bonds is 4. The molecule has 1 heterocycles. The van der Waals surface area contributed by atoms with Crippen LogP contribution in [-0.2, 0) is 0 Å². The second-order valence-corrected chi connectivity index (χ2v) is 20.3. The van der Waals surface area contributed by atoms with Crippen molar-refractivity contribution in [2.75, 3.05) is 0 Å². The minimum absolute atomic E-state index is 0.468. The Balaban J connectivity index is 1.82. The number of aryl methyl sites for hydroxylation is 1. The van der Waals surface area contributed by atoms with Crippen molar-refractivity contribution in [1.29, 1.82) is 0 Å². The molecule has 0 unspecified atom stereocenters. The van der Waals surface area contributed by atoms with E-state index in [4.69, 9.17) is 4.98 Å². The van der Waals surface area contributed by atoms with Crippen LogP contribution in [0.3, 0.4) is 0 Å². The van der Waals surface area contributed by atoms with Gasteiger partial charge in [-0.15, -0.1) is 0 Å². The summed E-state index contributed by atoms with van der Waals surface area (Å²) in [6, 6.07) is 24.7. The van der Waals surface area contributed by atoms with Crippen molar-refractivity contribution in [2.45, 2.75) is 44.0 Å². The van der Waals surface area contributed by atoms with Crippen LogP contribution in [0.4, 0.5) is 0 Å². The average molecular weight is 454 g/mol. The van der Waals surface area contributed by atoms with E-state index in [2.05, 4.69) is 105 Å². The van der Waals surface area contributed by atoms with Gasteiger partial charge in [-0.1, -0.05) is 6.07 Å². The second kappa shape index (κ2) is 8.04. The van der Waals surface area contributed by atoms with E-state index < -0.39 is 13.3 Å². The standard InChI is InChI=1S/C28H31GeN/c1-19(2)27-17-23(16-21-9-7-8-10-26(21)27)28-18-22(13-14-30-28)25-12-11-24(15-20(25)3)29(4,5)6/h7-19H,1-6H3. The van der Waals surface area contributed by atoms with E-state index in [1.165, 1.54) is 38.6 Å². The molecule has 0 aliphatic carbocycles. The van der Waals surface area contributed by atoms with Gasteiger partial charge in [0.15, 0.2) is 0 Å². The van der Waals surface area contributed by atoms with Gasteiger partial charge in [0.1, 0.15) is 0 Å². The number of hydrogen-bond acceptors (Lipinski definition) is 1. The van der Waals surface area contributed by atoms with Gasteiger partial charge in [0.05, 0.1) is 0 Å². The Labute approximate surface area is 183 Å². The van der Waals surface area contributed by atoms with Crippen molar-refractivity contribution >= 4 is 28.4 Å². The summed E-state index contributed by atoms with van der Waals surface area (Å²) in [6.07, 6.45) is 1.95. The number of aromatic nitrogens is 1. The number of hydrogen-bond donors (Lipinski definition) is 0. The summed E-state index contributed by atoms with van der Waals surface area (Å²) in [4.78, 5) is 4.74. The number of fused-ring (bicyclic) bond motifs is 1. The van der Waals surface area contributed by atoms with Gasteiger partial charge < -0.3 is 0 Å². The zero-order valence-electron chi connectivity index (χ0n) is 19.0. The fourth-order valence-corrected chi connectivity index (χ4v) is 6.76. The van der Waals surface area contributed by atoms with Crippen molar-refractivity contribution in [3.63, 3.8) is 0 Å². The molecule has 1 nitrogen and oxygen atoms in total. The minimum atomic E-state index is -1.82. The Bertz CT molecular complexity index is 1210. The first-order chi connectivity index (χ1) is 14.2. The van der Waals surface area contributed by atoms with E-state index in [1.54, 1.807) is 4.40 Å². The molecule has 0 radical (unpaired) electrons. The molecule has 0 spiro atoms. The summed E-state index contributed by atoms with van der Waals surface area (Å²) in [5.41, 5.74) is 7.51. The monoisotopic (exact) mass is 455 g/mol. The molecule has 2 heteroatoms. The quantitative estimate of drug-likeness (QED) is 0.290. The molecule has 0 bridgehead atoms. The summed E-state index contributed by atoms with van der Waals surface area (Å²) in [7, 11) is 0. The topological polar surface area (TPSA) is 12.9 Å². The van der Waals surface area contributed by atoms with Gasteiger partial charge in [0, 0.05) is 0 Å². The van der Waals surface area contributed by atoms with Gasteiger partial charge in [-0.2, -0.15) is 0 Å². The molecule has 1 aromatic heterocycles. The summed E-state index contributed by atoms with van der Waals surface area (Å²) in [5.74, 6) is 7.82. The van der Waals surface area contributed by atoms with Crippen LogP contribution in [0.1, 0.15) is 30.9 Å². The van der Waals surface area contributed by atoms with E-state index in [1.807, 2.05) is 6.20 Å². The van der Waals surface area contributed by atoms with Crippen molar-refractivity contribution in [3.05, 3.63) is 84.1 Å². The zero-order valence-corrected chi connectivity index (χ0v) is 21.1. The predicted octanol–water partition coefficient (Wildman–Crippen LogP) is 7.55. The maximum absolute atomic E-state index is 4.74. The molecule has 0 saturated heterocycles. The fraction of sp³-hybridized carbons (Fsp3) is 0.250. The first-order valence-corrected chi connectivity index (χ1v) is 18.2. The van der Waals surface area contributed by atoms with Crippen LogP contribution in [0.2, 0.25) is 17.3 Å². The molecule has 152 valence electrons. The van der Waals surface area contributed by atoms with E-state index in [-0.39, 0.29) is 0 Å². The first-order valence-electron chi connectivity index (χ1n) is 10.8. The van der Waals surface area contributed by atoms with Crippen LogP contribution in [0.25, 0.3) is 33.2 Å². The first kappa shape index (κ1) is 20.9. The summed E-state index contributed by atoms with van der Waals surface area (Å²) >= 11 is -1.82. The molecule has 0 atom stereocenters. The maximum atomic E-state index is 4.74. The van der Waals surface area contributed by atoms with Crippen molar-refractivity contribution in [3.8, 4) is 22.4 Å². The van der Waals surface area contributed by atoms with Gasteiger partial charge in [0.2, 0.25) is 0 Å². The summed E-state index contributed by atoms with van der Waals surface area (Å²) in [5, 5.41) is 2.62. The molecular weight excluding hydrogens is 423 g/mol. The van der Waals surface area contributed by atoms with Gasteiger partial charge in [0.25, 0.3) is 0 Å². The molecule has 4 rings (SSSR count). The van der Waals surface area contributed by atoms with E-state index in [0.717, 1.165) is 5.69 Å². The van der Waals surface area contributed by atoms with Crippen LogP contribution in [0.15, 0.2) is 72.9 Å². The van der Waals surface area contributed by atoms with Gasteiger partial charge >= 0.3 is 178 Å². The Kier molecular flexibility index (Phi) is 5.59. The zero-order chi connectivity index (χ0) is 21.5. The van der Waals surface area contributed by atoms with Gasteiger partial charge in [-0.3, -0.25) is 0 Å². The molecule has 0 N–H and O–H groups in total. The third kappa shape index (κ3) is 4.09. The van der Waals surface area contributed by atoms with Crippen LogP contribution in [-0.4, -0.2) is 18.3 Å². The molecular formula is C28H31GeN. The van der Waals surface area contributed by atoms with E-state index in [9.17, 15) is 0 Å². The number of benzene rings is 3. The molecule has 0 fully saturated rings. The molecule has 0 aliphatic rings. The molecule has 30 heavy (non-hydrogen) atoms. The predicted molar refractivity (Wildman–Crippen MR) is 134 cm³/mol. The van der Waals surface area contributed by atoms with Crippen LogP contribution >= 0.6 is 0 Å². The summed E-state index contributed by atoms with van der Waals surface area (Å²) < 4.78 is 1.56. The van der Waals surface area contributed by atoms with Gasteiger partial charge in [-0.05, 0) is 0 Å². The van der Waals surface area contributed by atoms with E-state index in [0.29, 0.717) is 5.92 Å². The molecule has 0 saturated carbocycles. The number of pyridine rings is 1. The van der Waals surface area contributed by atoms with Crippen molar-refractivity contribution in [2.24, 2.45) is 0 Å². The Morgan fingerprint density at radius 1 is 0.800 bits per heavy atom. The van der Waals surface area contributed by atoms with Crippen LogP contribution < -0.4 is 4.40 Å².